The molecule has 2 heterocycles. The van der Waals surface area contributed by atoms with Crippen molar-refractivity contribution in [2.75, 3.05) is 23.3 Å². The molecule has 1 saturated heterocycles. The Morgan fingerprint density at radius 3 is 2.48 bits per heavy atom. The summed E-state index contributed by atoms with van der Waals surface area (Å²) in [6.45, 7) is 10.5. The van der Waals surface area contributed by atoms with Crippen molar-refractivity contribution in [3.63, 3.8) is 0 Å². The number of amides is 2. The van der Waals surface area contributed by atoms with Gasteiger partial charge >= 0.3 is 0 Å². The van der Waals surface area contributed by atoms with Crippen molar-refractivity contribution < 1.29 is 14.4 Å². The van der Waals surface area contributed by atoms with Crippen molar-refractivity contribution >= 4 is 34.9 Å². The average molecular weight is 450 g/mol. The molecule has 4 N–H and O–H groups in total. The van der Waals surface area contributed by atoms with E-state index in [0.29, 0.717) is 24.6 Å². The fourth-order valence-corrected chi connectivity index (χ4v) is 3.56. The van der Waals surface area contributed by atoms with Gasteiger partial charge in [0.15, 0.2) is 0 Å². The van der Waals surface area contributed by atoms with Gasteiger partial charge in [-0.05, 0) is 42.3 Å². The zero-order chi connectivity index (χ0) is 24.2. The van der Waals surface area contributed by atoms with Gasteiger partial charge < -0.3 is 21.3 Å². The number of primary amides is 1. The van der Waals surface area contributed by atoms with Gasteiger partial charge in [-0.15, -0.1) is 0 Å². The molecule has 8 nitrogen and oxygen atoms in total. The minimum atomic E-state index is -0.582. The highest BCUT2D eigenvalue weighted by atomic mass is 16.2. The second-order valence-electron chi connectivity index (χ2n) is 9.25. The molecule has 174 valence electrons. The van der Waals surface area contributed by atoms with Crippen LogP contribution in [0.15, 0.2) is 49.1 Å². The summed E-state index contributed by atoms with van der Waals surface area (Å²) in [5, 5.41) is 6.07. The van der Waals surface area contributed by atoms with Gasteiger partial charge in [-0.1, -0.05) is 39.5 Å². The quantitative estimate of drug-likeness (QED) is 0.534. The Hall–Kier alpha value is -3.68. The summed E-state index contributed by atoms with van der Waals surface area (Å²) < 4.78 is 0. The monoisotopic (exact) mass is 449 g/mol. The number of ketones is 1. The molecule has 1 aromatic carbocycles. The number of nitrogens with zero attached hydrogens (tertiary/aromatic N) is 2. The van der Waals surface area contributed by atoms with Crippen molar-refractivity contribution in [2.45, 2.75) is 39.7 Å². The fourth-order valence-electron chi connectivity index (χ4n) is 3.56. The number of Topliss-reactive ketones (excluding diaryl/α,β-unsaturated/α-hetero) is 1. The van der Waals surface area contributed by atoms with E-state index in [2.05, 4.69) is 22.2 Å². The molecule has 1 fully saturated rings. The Labute approximate surface area is 194 Å². The highest BCUT2D eigenvalue weighted by Gasteiger charge is 2.25. The number of benzene rings is 1. The van der Waals surface area contributed by atoms with Crippen molar-refractivity contribution in [3.05, 3.63) is 60.2 Å². The van der Waals surface area contributed by atoms with Gasteiger partial charge in [0.1, 0.15) is 17.4 Å². The molecule has 1 aliphatic rings. The lowest BCUT2D eigenvalue weighted by Crippen LogP contribution is -2.36. The molecule has 3 rings (SSSR count). The first-order valence-electron chi connectivity index (χ1n) is 10.9. The maximum absolute atomic E-state index is 12.3. The van der Waals surface area contributed by atoms with E-state index in [-0.39, 0.29) is 28.7 Å². The minimum Gasteiger partial charge on any atom is -0.365 e. The fraction of sp³-hybridized carbons (Fsp3) is 0.360. The largest absolute Gasteiger partial charge is 0.365 e. The molecule has 0 aliphatic carbocycles. The number of anilines is 3. The van der Waals surface area contributed by atoms with Crippen LogP contribution >= 0.6 is 0 Å². The SMILES string of the molecule is C=CC(=O)N[C@H]1CCN(c2ccc(C(N)=O)c(Nc3ccc(CC(=O)C(C)(C)C)cc3)n2)C1. The zero-order valence-electron chi connectivity index (χ0n) is 19.4. The van der Waals surface area contributed by atoms with E-state index in [4.69, 9.17) is 5.73 Å². The molecule has 8 heteroatoms. The topological polar surface area (TPSA) is 117 Å². The van der Waals surface area contributed by atoms with Gasteiger partial charge in [0.05, 0.1) is 5.56 Å². The maximum Gasteiger partial charge on any atom is 0.252 e. The summed E-state index contributed by atoms with van der Waals surface area (Å²) in [5.41, 5.74) is 7.09. The van der Waals surface area contributed by atoms with Crippen LogP contribution in [-0.2, 0) is 16.0 Å². The van der Waals surface area contributed by atoms with Crippen molar-refractivity contribution in [3.8, 4) is 0 Å². The lowest BCUT2D eigenvalue weighted by Gasteiger charge is -2.20. The Balaban J connectivity index is 1.75. The number of aromatic nitrogens is 1. The number of carbonyl (C=O) groups excluding carboxylic acids is 3. The number of pyridine rings is 1. The number of hydrogen-bond acceptors (Lipinski definition) is 6. The third-order valence-electron chi connectivity index (χ3n) is 5.61. The van der Waals surface area contributed by atoms with E-state index in [9.17, 15) is 14.4 Å². The summed E-state index contributed by atoms with van der Waals surface area (Å²) in [5.74, 6) is 0.430. The molecule has 1 aromatic heterocycles. The van der Waals surface area contributed by atoms with Crippen LogP contribution in [-0.4, -0.2) is 41.7 Å². The van der Waals surface area contributed by atoms with E-state index in [0.717, 1.165) is 24.2 Å². The summed E-state index contributed by atoms with van der Waals surface area (Å²) in [4.78, 5) is 42.5. The van der Waals surface area contributed by atoms with Gasteiger partial charge in [-0.3, -0.25) is 14.4 Å². The van der Waals surface area contributed by atoms with E-state index < -0.39 is 5.91 Å². The van der Waals surface area contributed by atoms with Crippen molar-refractivity contribution in [1.29, 1.82) is 0 Å². The Morgan fingerprint density at radius 2 is 1.88 bits per heavy atom. The molecule has 2 aromatic rings. The predicted molar refractivity (Wildman–Crippen MR) is 130 cm³/mol. The highest BCUT2D eigenvalue weighted by molar-refractivity contribution is 5.98. The summed E-state index contributed by atoms with van der Waals surface area (Å²) in [6.07, 6.45) is 2.41. The molecule has 0 radical (unpaired) electrons. The predicted octanol–water partition coefficient (Wildman–Crippen LogP) is 2.96. The van der Waals surface area contributed by atoms with Gasteiger partial charge in [0.2, 0.25) is 5.91 Å². The first kappa shape index (κ1) is 24.0. The minimum absolute atomic E-state index is 0.00730. The first-order valence-corrected chi connectivity index (χ1v) is 10.9. The maximum atomic E-state index is 12.3. The van der Waals surface area contributed by atoms with Crippen LogP contribution in [0.2, 0.25) is 0 Å². The molecule has 0 unspecified atom stereocenters. The van der Waals surface area contributed by atoms with Crippen LogP contribution in [0.1, 0.15) is 43.1 Å². The van der Waals surface area contributed by atoms with Crippen LogP contribution < -0.4 is 21.3 Å². The van der Waals surface area contributed by atoms with E-state index in [1.807, 2.05) is 49.9 Å². The lowest BCUT2D eigenvalue weighted by atomic mass is 9.87. The molecule has 0 saturated carbocycles. The van der Waals surface area contributed by atoms with Gasteiger partial charge in [0, 0.05) is 36.7 Å². The molecule has 0 spiro atoms. The van der Waals surface area contributed by atoms with Gasteiger partial charge in [-0.2, -0.15) is 0 Å². The zero-order valence-corrected chi connectivity index (χ0v) is 19.4. The summed E-state index contributed by atoms with van der Waals surface area (Å²) >= 11 is 0. The normalized spacial score (nSPS) is 15.7. The molecule has 0 bridgehead atoms. The lowest BCUT2D eigenvalue weighted by molar-refractivity contribution is -0.125. The van der Waals surface area contributed by atoms with Crippen LogP contribution in [0.5, 0.6) is 0 Å². The van der Waals surface area contributed by atoms with Crippen molar-refractivity contribution in [1.82, 2.24) is 10.3 Å². The van der Waals surface area contributed by atoms with Crippen LogP contribution in [0, 0.1) is 5.41 Å². The number of carbonyl (C=O) groups is 3. The first-order chi connectivity index (χ1) is 15.6. The Kier molecular flexibility index (Phi) is 7.16. The third kappa shape index (κ3) is 6.19. The van der Waals surface area contributed by atoms with E-state index >= 15 is 0 Å². The smallest absolute Gasteiger partial charge is 0.252 e. The Bertz CT molecular complexity index is 1060. The molecule has 1 atom stereocenters. The number of nitrogens with one attached hydrogen (secondary N) is 2. The number of nitrogens with two attached hydrogens (primary N) is 1. The second-order valence-corrected chi connectivity index (χ2v) is 9.25. The molecule has 33 heavy (non-hydrogen) atoms. The number of hydrogen-bond donors (Lipinski definition) is 3. The molecule has 2 amide bonds. The van der Waals surface area contributed by atoms with E-state index in [1.54, 1.807) is 12.1 Å². The third-order valence-corrected chi connectivity index (χ3v) is 5.61. The molecule has 1 aliphatic heterocycles. The van der Waals surface area contributed by atoms with Crippen molar-refractivity contribution in [2.24, 2.45) is 11.1 Å². The standard InChI is InChI=1S/C25H31N5O3/c1-5-22(32)27-18-12-13-30(15-18)21-11-10-19(23(26)33)24(29-21)28-17-8-6-16(7-9-17)14-20(31)25(2,3)4/h5-11,18H,1,12-15H2,2-4H3,(H2,26,33)(H,27,32)(H,28,29)/t18-/m0/s1. The van der Waals surface area contributed by atoms with E-state index in [1.165, 1.54) is 6.08 Å². The average Bonchev–Trinajstić information content (AvgIpc) is 3.22. The van der Waals surface area contributed by atoms with Crippen LogP contribution in [0.4, 0.5) is 17.3 Å². The van der Waals surface area contributed by atoms with Crippen LogP contribution in [0.3, 0.4) is 0 Å². The molecular weight excluding hydrogens is 418 g/mol. The number of rotatable bonds is 8. The summed E-state index contributed by atoms with van der Waals surface area (Å²) in [7, 11) is 0. The molecular formula is C25H31N5O3. The summed E-state index contributed by atoms with van der Waals surface area (Å²) in [6, 6.07) is 10.9. The van der Waals surface area contributed by atoms with Crippen LogP contribution in [0.25, 0.3) is 0 Å². The van der Waals surface area contributed by atoms with Gasteiger partial charge in [-0.25, -0.2) is 4.98 Å². The highest BCUT2D eigenvalue weighted by Crippen LogP contribution is 2.26. The second kappa shape index (κ2) is 9.85. The Morgan fingerprint density at radius 1 is 1.18 bits per heavy atom. The van der Waals surface area contributed by atoms with Gasteiger partial charge in [0.25, 0.3) is 5.91 Å².